The van der Waals surface area contributed by atoms with E-state index in [4.69, 9.17) is 4.42 Å². The van der Waals surface area contributed by atoms with E-state index in [1.165, 1.54) is 17.3 Å². The highest BCUT2D eigenvalue weighted by molar-refractivity contribution is 6.03. The van der Waals surface area contributed by atoms with Crippen molar-refractivity contribution in [1.29, 1.82) is 0 Å². The fraction of sp³-hybridized carbons (Fsp3) is 0.200. The molecule has 1 fully saturated rings. The van der Waals surface area contributed by atoms with E-state index in [1.807, 2.05) is 17.0 Å². The monoisotopic (exact) mass is 413 g/mol. The van der Waals surface area contributed by atoms with Crippen LogP contribution in [0.3, 0.4) is 0 Å². The second-order valence-electron chi connectivity index (χ2n) is 7.89. The number of hydrogen-bond donors (Lipinski definition) is 2. The number of H-pyrrole nitrogens is 1. The molecule has 2 N–H and O–H groups in total. The fourth-order valence-electron chi connectivity index (χ4n) is 4.22. The molecule has 31 heavy (non-hydrogen) atoms. The smallest absolute Gasteiger partial charge is 0.291 e. The summed E-state index contributed by atoms with van der Waals surface area (Å²) in [5, 5.41) is 4.00. The van der Waals surface area contributed by atoms with Crippen LogP contribution in [-0.2, 0) is 0 Å². The van der Waals surface area contributed by atoms with Crippen molar-refractivity contribution >= 4 is 28.4 Å². The molecule has 0 bridgehead atoms. The lowest BCUT2D eigenvalue weighted by Gasteiger charge is -2.31. The summed E-state index contributed by atoms with van der Waals surface area (Å²) in [5.41, 5.74) is 3.54. The van der Waals surface area contributed by atoms with Crippen molar-refractivity contribution in [2.24, 2.45) is 0 Å². The summed E-state index contributed by atoms with van der Waals surface area (Å²) in [6.07, 6.45) is 3.30. The number of para-hydroxylation sites is 1. The number of piperidine rings is 1. The normalized spacial score (nSPS) is 14.6. The summed E-state index contributed by atoms with van der Waals surface area (Å²) >= 11 is 0. The first-order valence-corrected chi connectivity index (χ1v) is 10.5. The van der Waals surface area contributed by atoms with E-state index in [9.17, 15) is 9.59 Å². The van der Waals surface area contributed by atoms with Gasteiger partial charge in [-0.05, 0) is 60.7 Å². The molecule has 6 nitrogen and oxygen atoms in total. The lowest BCUT2D eigenvalue weighted by atomic mass is 9.93. The largest absolute Gasteiger partial charge is 0.459 e. The number of nitrogens with one attached hydrogen (secondary N) is 2. The molecule has 1 saturated heterocycles. The predicted molar refractivity (Wildman–Crippen MR) is 119 cm³/mol. The third-order valence-electron chi connectivity index (χ3n) is 5.89. The number of nitrogens with zero attached hydrogens (tertiary/aromatic N) is 1. The summed E-state index contributed by atoms with van der Waals surface area (Å²) in [6.45, 7) is 1.42. The Morgan fingerprint density at radius 2 is 1.81 bits per heavy atom. The molecule has 2 amide bonds. The summed E-state index contributed by atoms with van der Waals surface area (Å²) < 4.78 is 5.12. The highest BCUT2D eigenvalue weighted by atomic mass is 16.3. The van der Waals surface area contributed by atoms with Crippen LogP contribution in [0.15, 0.2) is 77.4 Å². The molecule has 3 heterocycles. The Hall–Kier alpha value is -3.80. The van der Waals surface area contributed by atoms with Crippen molar-refractivity contribution in [2.45, 2.75) is 18.8 Å². The third kappa shape index (κ3) is 3.97. The van der Waals surface area contributed by atoms with Gasteiger partial charge in [-0.3, -0.25) is 9.59 Å². The van der Waals surface area contributed by atoms with E-state index >= 15 is 0 Å². The molecular formula is C25H23N3O3. The second-order valence-corrected chi connectivity index (χ2v) is 7.89. The molecule has 4 aromatic rings. The first kappa shape index (κ1) is 19.2. The number of fused-ring (bicyclic) bond motifs is 1. The van der Waals surface area contributed by atoms with Crippen molar-refractivity contribution < 1.29 is 14.0 Å². The lowest BCUT2D eigenvalue weighted by Crippen LogP contribution is -2.38. The number of rotatable bonds is 4. The van der Waals surface area contributed by atoms with Crippen LogP contribution in [0.2, 0.25) is 0 Å². The van der Waals surface area contributed by atoms with Crippen LogP contribution in [0.5, 0.6) is 0 Å². The van der Waals surface area contributed by atoms with E-state index < -0.39 is 0 Å². The van der Waals surface area contributed by atoms with E-state index in [0.717, 1.165) is 18.4 Å². The summed E-state index contributed by atoms with van der Waals surface area (Å²) in [7, 11) is 0. The second kappa shape index (κ2) is 8.14. The maximum absolute atomic E-state index is 13.0. The predicted octanol–water partition coefficient (Wildman–Crippen LogP) is 5.03. The molecule has 0 spiro atoms. The van der Waals surface area contributed by atoms with Gasteiger partial charge in [0.25, 0.3) is 11.8 Å². The van der Waals surface area contributed by atoms with Gasteiger partial charge < -0.3 is 19.6 Å². The van der Waals surface area contributed by atoms with Gasteiger partial charge >= 0.3 is 0 Å². The average molecular weight is 413 g/mol. The molecule has 0 atom stereocenters. The molecule has 2 aromatic heterocycles. The molecule has 1 aliphatic rings. The van der Waals surface area contributed by atoms with E-state index in [0.29, 0.717) is 30.3 Å². The Morgan fingerprint density at radius 3 is 2.58 bits per heavy atom. The maximum Gasteiger partial charge on any atom is 0.291 e. The van der Waals surface area contributed by atoms with E-state index in [-0.39, 0.29) is 17.6 Å². The molecule has 0 saturated carbocycles. The number of amides is 2. The van der Waals surface area contributed by atoms with Crippen LogP contribution < -0.4 is 5.32 Å². The highest BCUT2D eigenvalue weighted by Crippen LogP contribution is 2.30. The molecule has 0 radical (unpaired) electrons. The molecule has 0 unspecified atom stereocenters. The number of anilines is 1. The van der Waals surface area contributed by atoms with Gasteiger partial charge in [0.05, 0.1) is 6.26 Å². The lowest BCUT2D eigenvalue weighted by molar-refractivity contribution is 0.0712. The van der Waals surface area contributed by atoms with E-state index in [1.54, 1.807) is 36.4 Å². The van der Waals surface area contributed by atoms with Gasteiger partial charge in [0.15, 0.2) is 5.76 Å². The standard InChI is InChI=1S/C25H23N3O3/c29-24(23-9-4-14-31-23)26-20-7-3-6-19(15-20)25(30)28-12-10-17(11-13-28)22-16-18-5-1-2-8-21(18)27-22/h1-9,14-17,27H,10-13H2,(H,26,29). The van der Waals surface area contributed by atoms with Crippen molar-refractivity contribution in [2.75, 3.05) is 18.4 Å². The Balaban J connectivity index is 1.23. The maximum atomic E-state index is 13.0. The number of furan rings is 1. The zero-order valence-corrected chi connectivity index (χ0v) is 17.0. The molecule has 1 aliphatic heterocycles. The molecule has 156 valence electrons. The molecule has 6 heteroatoms. The van der Waals surface area contributed by atoms with Crippen molar-refractivity contribution in [3.8, 4) is 0 Å². The van der Waals surface area contributed by atoms with Crippen molar-refractivity contribution in [3.63, 3.8) is 0 Å². The minimum Gasteiger partial charge on any atom is -0.459 e. The Bertz CT molecular complexity index is 1180. The molecule has 2 aromatic carbocycles. The SMILES string of the molecule is O=C(Nc1cccc(C(=O)N2CCC(c3cc4ccccc4[nH]3)CC2)c1)c1ccco1. The number of carbonyl (C=O) groups is 2. The number of aromatic amines is 1. The van der Waals surface area contributed by atoms with Gasteiger partial charge in [0.2, 0.25) is 0 Å². The highest BCUT2D eigenvalue weighted by Gasteiger charge is 2.25. The van der Waals surface area contributed by atoms with Crippen LogP contribution in [0, 0.1) is 0 Å². The van der Waals surface area contributed by atoms with Gasteiger partial charge in [0, 0.05) is 41.5 Å². The Kier molecular flexibility index (Phi) is 5.04. The fourth-order valence-corrected chi connectivity index (χ4v) is 4.22. The third-order valence-corrected chi connectivity index (χ3v) is 5.89. The van der Waals surface area contributed by atoms with Crippen LogP contribution in [0.25, 0.3) is 10.9 Å². The average Bonchev–Trinajstić information content (AvgIpc) is 3.49. The van der Waals surface area contributed by atoms with Crippen LogP contribution in [-0.4, -0.2) is 34.8 Å². The first-order chi connectivity index (χ1) is 15.2. The minimum absolute atomic E-state index is 0.0100. The number of hydrogen-bond acceptors (Lipinski definition) is 3. The number of benzene rings is 2. The summed E-state index contributed by atoms with van der Waals surface area (Å²) in [5.74, 6) is 0.309. The van der Waals surface area contributed by atoms with E-state index in [2.05, 4.69) is 28.5 Å². The molecule has 5 rings (SSSR count). The molecular weight excluding hydrogens is 390 g/mol. The van der Waals surface area contributed by atoms with Crippen molar-refractivity contribution in [3.05, 3.63) is 90.0 Å². The van der Waals surface area contributed by atoms with Gasteiger partial charge in [-0.2, -0.15) is 0 Å². The van der Waals surface area contributed by atoms with Gasteiger partial charge in [0.1, 0.15) is 0 Å². The van der Waals surface area contributed by atoms with Crippen LogP contribution in [0.4, 0.5) is 5.69 Å². The molecule has 0 aliphatic carbocycles. The number of carbonyl (C=O) groups excluding carboxylic acids is 2. The van der Waals surface area contributed by atoms with Crippen molar-refractivity contribution in [1.82, 2.24) is 9.88 Å². The zero-order chi connectivity index (χ0) is 21.2. The van der Waals surface area contributed by atoms with Crippen LogP contribution in [0.1, 0.15) is 45.4 Å². The summed E-state index contributed by atoms with van der Waals surface area (Å²) in [6, 6.07) is 20.8. The number of likely N-dealkylation sites (tertiary alicyclic amines) is 1. The van der Waals surface area contributed by atoms with Gasteiger partial charge in [-0.1, -0.05) is 24.3 Å². The quantitative estimate of drug-likeness (QED) is 0.492. The first-order valence-electron chi connectivity index (χ1n) is 10.5. The van der Waals surface area contributed by atoms with Gasteiger partial charge in [-0.25, -0.2) is 0 Å². The minimum atomic E-state index is -0.339. The number of aromatic nitrogens is 1. The zero-order valence-electron chi connectivity index (χ0n) is 17.0. The van der Waals surface area contributed by atoms with Crippen LogP contribution >= 0.6 is 0 Å². The Morgan fingerprint density at radius 1 is 0.968 bits per heavy atom. The Labute approximate surface area is 179 Å². The topological polar surface area (TPSA) is 78.3 Å². The summed E-state index contributed by atoms with van der Waals surface area (Å²) in [4.78, 5) is 30.7. The van der Waals surface area contributed by atoms with Gasteiger partial charge in [-0.15, -0.1) is 0 Å².